The van der Waals surface area contributed by atoms with E-state index in [0.717, 1.165) is 0 Å². The highest BCUT2D eigenvalue weighted by Crippen LogP contribution is 1.12. The van der Waals surface area contributed by atoms with Crippen LogP contribution in [0, 0.1) is 4.89 Å². The normalized spacial score (nSPS) is 8.75. The van der Waals surface area contributed by atoms with Gasteiger partial charge < -0.3 is 0 Å². The van der Waals surface area contributed by atoms with Crippen LogP contribution >= 0.6 is 0 Å². The first-order chi connectivity index (χ1) is 1.91. The quantitative estimate of drug-likeness (QED) is 0.312. The molecule has 0 aliphatic rings. The summed E-state index contributed by atoms with van der Waals surface area (Å²) in [4.78, 5) is 8.00. The molecule has 0 fully saturated rings. The predicted octanol–water partition coefficient (Wildman–Crippen LogP) is -2.47. The Labute approximate surface area is 32.6 Å². The summed E-state index contributed by atoms with van der Waals surface area (Å²) in [6.07, 6.45) is 0. The summed E-state index contributed by atoms with van der Waals surface area (Å²) in [5.74, 6) is 0. The van der Waals surface area contributed by atoms with E-state index in [0.29, 0.717) is 8.67 Å². The first-order valence-corrected chi connectivity index (χ1v) is 10.2. The average molecular weight is 103 g/mol. The average Bonchev–Trinajstić information content (AvgIpc) is 1.37. The van der Waals surface area contributed by atoms with Crippen molar-refractivity contribution in [1.82, 2.24) is 0 Å². The molecule has 0 aliphatic heterocycles. The number of nitrogens with zero attached hydrogens (tertiary/aromatic N) is 1. The second-order valence-corrected chi connectivity index (χ2v) is 11.0. The molecular formula is H5NSi3. The van der Waals surface area contributed by atoms with Crippen molar-refractivity contribution in [2.45, 2.75) is 0 Å². The van der Waals surface area contributed by atoms with Crippen molar-refractivity contribution < 1.29 is 0 Å². The van der Waals surface area contributed by atoms with Gasteiger partial charge >= 0.3 is 0 Å². The molecular weight excluding hydrogens is 98.3 g/mol. The van der Waals surface area contributed by atoms with Crippen LogP contribution in [0.1, 0.15) is 0 Å². The lowest BCUT2D eigenvalue weighted by molar-refractivity contribution is 1.64. The maximum absolute atomic E-state index is 8.00. The highest BCUT2D eigenvalue weighted by Gasteiger charge is 1.55. The van der Waals surface area contributed by atoms with Gasteiger partial charge in [0.25, 0.3) is 0 Å². The van der Waals surface area contributed by atoms with Crippen LogP contribution in [-0.2, 0) is 0 Å². The molecule has 4 heavy (non-hydrogen) atoms. The van der Waals surface area contributed by atoms with E-state index < -0.39 is 0 Å². The Morgan fingerprint density at radius 3 is 2.25 bits per heavy atom. The fourth-order valence-electron chi connectivity index (χ4n) is 0. The molecule has 0 rings (SSSR count). The predicted molar refractivity (Wildman–Crippen MR) is 26.0 cm³/mol. The fraction of sp³-hybridized carbons (Fsp3) is 0. The lowest BCUT2D eigenvalue weighted by atomic mass is 14.0. The van der Waals surface area contributed by atoms with Crippen LogP contribution in [0.4, 0.5) is 0 Å². The molecule has 0 N–H and O–H groups in total. The van der Waals surface area contributed by atoms with E-state index in [-0.39, 0.29) is 8.55 Å². The largest absolute Gasteiger partial charge is 0.292 e. The minimum Gasteiger partial charge on any atom is -0.292 e. The number of hydrogen-bond donors (Lipinski definition) is 0. The van der Waals surface area contributed by atoms with E-state index in [2.05, 4.69) is 0 Å². The molecule has 0 saturated carbocycles. The molecule has 0 spiro atoms. The Balaban J connectivity index is 2.43. The summed E-state index contributed by atoms with van der Waals surface area (Å²) in [6.45, 7) is 0. The molecule has 22 valence electrons. The second-order valence-electron chi connectivity index (χ2n) is 0.512. The zero-order valence-corrected chi connectivity index (χ0v) is 7.07. The highest BCUT2D eigenvalue weighted by molar-refractivity contribution is 7.18. The van der Waals surface area contributed by atoms with Crippen LogP contribution < -0.4 is 0 Å². The Morgan fingerprint density at radius 1 is 2.00 bits per heavy atom. The summed E-state index contributed by atoms with van der Waals surface area (Å²) >= 11 is 0. The van der Waals surface area contributed by atoms with Gasteiger partial charge in [-0.1, -0.05) is 0 Å². The summed E-state index contributed by atoms with van der Waals surface area (Å²) < 4.78 is 0. The van der Waals surface area contributed by atoms with Crippen molar-refractivity contribution in [3.05, 3.63) is 0 Å². The first-order valence-electron chi connectivity index (χ1n) is 1.28. The van der Waals surface area contributed by atoms with Gasteiger partial charge in [0.15, 0.2) is 8.67 Å². The molecule has 1 nitrogen and oxygen atoms in total. The number of rotatable bonds is 0. The van der Waals surface area contributed by atoms with Crippen LogP contribution in [0.25, 0.3) is 0 Å². The van der Waals surface area contributed by atoms with E-state index in [1.54, 1.807) is 0 Å². The topological polar surface area (TPSA) is 23.8 Å². The SMILES string of the molecule is N#[Si][SiH2][SiH3]. The van der Waals surface area contributed by atoms with Crippen molar-refractivity contribution >= 4 is 27.0 Å². The Hall–Kier alpha value is 0.361. The highest BCUT2D eigenvalue weighted by atomic mass is 29.5. The Morgan fingerprint density at radius 2 is 2.25 bits per heavy atom. The molecule has 4 heteroatoms. The van der Waals surface area contributed by atoms with Crippen molar-refractivity contribution in [2.24, 2.45) is 0 Å². The maximum atomic E-state index is 8.00. The van der Waals surface area contributed by atoms with Gasteiger partial charge in [0, 0.05) is 9.76 Å². The molecule has 0 aromatic rings. The lowest BCUT2D eigenvalue weighted by Crippen LogP contribution is -1.84. The molecule has 0 aromatic carbocycles. The zero-order chi connectivity index (χ0) is 3.41. The van der Waals surface area contributed by atoms with Crippen molar-refractivity contribution in [2.75, 3.05) is 0 Å². The summed E-state index contributed by atoms with van der Waals surface area (Å²) in [5, 5.41) is 0. The van der Waals surface area contributed by atoms with Crippen LogP contribution in [0.3, 0.4) is 0 Å². The first kappa shape index (κ1) is 4.36. The molecule has 0 amide bonds. The standard InChI is InChI=1S/H5NSi3/c1-3-4-2/h4H2,2H3. The third-order valence-electron chi connectivity index (χ3n) is 0.158. The van der Waals surface area contributed by atoms with Gasteiger partial charge in [-0.2, -0.15) is 0 Å². The van der Waals surface area contributed by atoms with Crippen LogP contribution in [0.15, 0.2) is 0 Å². The Kier molecular flexibility index (Phi) is 3.66. The third kappa shape index (κ3) is 2.36. The molecule has 0 heterocycles. The summed E-state index contributed by atoms with van der Waals surface area (Å²) in [7, 11) is 1.78. The van der Waals surface area contributed by atoms with Crippen LogP contribution in [0.5, 0.6) is 0 Å². The van der Waals surface area contributed by atoms with E-state index >= 15 is 0 Å². The molecule has 0 aliphatic carbocycles. The van der Waals surface area contributed by atoms with Gasteiger partial charge in [0.2, 0.25) is 0 Å². The second kappa shape index (κ2) is 3.36. The Bertz CT molecular complexity index is 33.0. The van der Waals surface area contributed by atoms with E-state index in [1.807, 2.05) is 0 Å². The van der Waals surface area contributed by atoms with Gasteiger partial charge in [-0.25, -0.2) is 0 Å². The van der Waals surface area contributed by atoms with Gasteiger partial charge in [-0.3, -0.25) is 4.89 Å². The molecule has 0 saturated heterocycles. The zero-order valence-electron chi connectivity index (χ0n) is 2.65. The smallest absolute Gasteiger partial charge is 0.150 e. The van der Waals surface area contributed by atoms with Gasteiger partial charge in [0.05, 0.1) is 8.55 Å². The van der Waals surface area contributed by atoms with Crippen LogP contribution in [-0.4, -0.2) is 27.0 Å². The lowest BCUT2D eigenvalue weighted by Gasteiger charge is -1.41. The van der Waals surface area contributed by atoms with Gasteiger partial charge in [-0.05, 0) is 0 Å². The minimum atomic E-state index is 0.147. The molecule has 0 radical (unpaired) electrons. The summed E-state index contributed by atoms with van der Waals surface area (Å²) in [6, 6.07) is 0. The summed E-state index contributed by atoms with van der Waals surface area (Å²) in [5.41, 5.74) is 0. The molecule has 0 unspecified atom stereocenters. The van der Waals surface area contributed by atoms with E-state index in [4.69, 9.17) is 4.89 Å². The minimum absolute atomic E-state index is 0.147. The monoisotopic (exact) mass is 103 g/mol. The van der Waals surface area contributed by atoms with Crippen molar-refractivity contribution in [1.29, 1.82) is 4.89 Å². The molecule has 0 bridgehead atoms. The maximum Gasteiger partial charge on any atom is 0.150 e. The van der Waals surface area contributed by atoms with Crippen molar-refractivity contribution in [3.63, 3.8) is 0 Å². The van der Waals surface area contributed by atoms with Crippen molar-refractivity contribution in [3.8, 4) is 0 Å². The molecule has 0 aromatic heterocycles. The van der Waals surface area contributed by atoms with Gasteiger partial charge in [0.1, 0.15) is 0 Å². The molecule has 0 atom stereocenters. The third-order valence-corrected chi connectivity index (χ3v) is 4.27. The van der Waals surface area contributed by atoms with Gasteiger partial charge in [-0.15, -0.1) is 0 Å². The van der Waals surface area contributed by atoms with Crippen LogP contribution in [0.2, 0.25) is 0 Å². The van der Waals surface area contributed by atoms with E-state index in [1.165, 1.54) is 9.76 Å². The fourth-order valence-corrected chi connectivity index (χ4v) is 0. The van der Waals surface area contributed by atoms with E-state index in [9.17, 15) is 0 Å². The number of hydrogen-bond acceptors (Lipinski definition) is 1.